The van der Waals surface area contributed by atoms with E-state index in [1.165, 1.54) is 34.3 Å². The number of pyridine rings is 1. The van der Waals surface area contributed by atoms with E-state index in [9.17, 15) is 18.0 Å². The van der Waals surface area contributed by atoms with Crippen molar-refractivity contribution in [2.75, 3.05) is 20.2 Å². The number of nitrogens with zero attached hydrogens (tertiary/aromatic N) is 2. The Morgan fingerprint density at radius 3 is 2.35 bits per heavy atom. The molecule has 2 heterocycles. The predicted molar refractivity (Wildman–Crippen MR) is 95.6 cm³/mol. The number of aromatic nitrogens is 1. The van der Waals surface area contributed by atoms with Crippen molar-refractivity contribution in [3.63, 3.8) is 0 Å². The Kier molecular flexibility index (Phi) is 5.24. The minimum atomic E-state index is -3.58. The van der Waals surface area contributed by atoms with Crippen molar-refractivity contribution in [2.24, 2.45) is 0 Å². The molecule has 1 aliphatic heterocycles. The number of hydrogen-bond acceptors (Lipinski definition) is 5. The monoisotopic (exact) mass is 376 g/mol. The van der Waals surface area contributed by atoms with Crippen LogP contribution >= 0.6 is 0 Å². The molecule has 0 saturated carbocycles. The van der Waals surface area contributed by atoms with Crippen molar-refractivity contribution < 1.29 is 17.9 Å². The smallest absolute Gasteiger partial charge is 0.337 e. The lowest BCUT2D eigenvalue weighted by Gasteiger charge is -2.16. The van der Waals surface area contributed by atoms with Gasteiger partial charge in [-0.25, -0.2) is 13.2 Å². The van der Waals surface area contributed by atoms with Crippen LogP contribution in [0.2, 0.25) is 0 Å². The number of carbonyl (C=O) groups excluding carboxylic acids is 1. The van der Waals surface area contributed by atoms with Gasteiger partial charge in [-0.15, -0.1) is 0 Å². The van der Waals surface area contributed by atoms with Crippen LogP contribution in [0.4, 0.5) is 0 Å². The first-order chi connectivity index (χ1) is 12.4. The van der Waals surface area contributed by atoms with Crippen LogP contribution in [0.5, 0.6) is 0 Å². The SMILES string of the molecule is COC(=O)c1ccc(Cn2cc(S(=O)(=O)N3CCCC3)ccc2=O)cc1. The van der Waals surface area contributed by atoms with E-state index >= 15 is 0 Å². The number of esters is 1. The standard InChI is InChI=1S/C18H20N2O5S/c1-25-18(22)15-6-4-14(5-7-15)12-19-13-16(8-9-17(19)21)26(23,24)20-10-2-3-11-20/h4-9,13H,2-3,10-12H2,1H3. The van der Waals surface area contributed by atoms with Gasteiger partial charge in [-0.2, -0.15) is 4.31 Å². The summed E-state index contributed by atoms with van der Waals surface area (Å²) in [7, 11) is -2.27. The summed E-state index contributed by atoms with van der Waals surface area (Å²) in [5.41, 5.74) is 0.895. The summed E-state index contributed by atoms with van der Waals surface area (Å²) in [6.45, 7) is 1.23. The van der Waals surface area contributed by atoms with Crippen LogP contribution in [0, 0.1) is 0 Å². The Balaban J connectivity index is 1.86. The highest BCUT2D eigenvalue weighted by Gasteiger charge is 2.27. The Morgan fingerprint density at radius 1 is 1.08 bits per heavy atom. The van der Waals surface area contributed by atoms with Gasteiger partial charge in [-0.1, -0.05) is 12.1 Å². The van der Waals surface area contributed by atoms with Gasteiger partial charge in [0, 0.05) is 25.4 Å². The molecule has 7 nitrogen and oxygen atoms in total. The Bertz CT molecular complexity index is 958. The molecule has 1 aromatic heterocycles. The molecular formula is C18H20N2O5S. The summed E-state index contributed by atoms with van der Waals surface area (Å²) in [5, 5.41) is 0. The molecule has 0 N–H and O–H groups in total. The molecule has 0 atom stereocenters. The fourth-order valence-electron chi connectivity index (χ4n) is 2.92. The van der Waals surface area contributed by atoms with E-state index in [0.29, 0.717) is 18.7 Å². The molecule has 138 valence electrons. The van der Waals surface area contributed by atoms with E-state index in [-0.39, 0.29) is 17.0 Å². The van der Waals surface area contributed by atoms with E-state index in [2.05, 4.69) is 4.74 Å². The molecule has 3 rings (SSSR count). The maximum Gasteiger partial charge on any atom is 0.337 e. The third-order valence-corrected chi connectivity index (χ3v) is 6.27. The molecule has 2 aromatic rings. The van der Waals surface area contributed by atoms with Crippen LogP contribution in [0.15, 0.2) is 52.3 Å². The van der Waals surface area contributed by atoms with Crippen LogP contribution in [0.25, 0.3) is 0 Å². The normalized spacial score (nSPS) is 15.1. The van der Waals surface area contributed by atoms with Crippen LogP contribution in [-0.2, 0) is 21.3 Å². The van der Waals surface area contributed by atoms with Crippen molar-refractivity contribution in [1.82, 2.24) is 8.87 Å². The minimum Gasteiger partial charge on any atom is -0.465 e. The van der Waals surface area contributed by atoms with Gasteiger partial charge in [-0.3, -0.25) is 4.79 Å². The second kappa shape index (κ2) is 7.43. The van der Waals surface area contributed by atoms with E-state index in [1.807, 2.05) is 0 Å². The number of carbonyl (C=O) groups is 1. The van der Waals surface area contributed by atoms with Crippen molar-refractivity contribution in [3.8, 4) is 0 Å². The van der Waals surface area contributed by atoms with E-state index in [1.54, 1.807) is 24.3 Å². The zero-order chi connectivity index (χ0) is 18.7. The van der Waals surface area contributed by atoms with Crippen molar-refractivity contribution in [3.05, 3.63) is 64.1 Å². The molecule has 0 amide bonds. The molecule has 1 saturated heterocycles. The number of ether oxygens (including phenoxy) is 1. The Labute approximate surface area is 151 Å². The third-order valence-electron chi connectivity index (χ3n) is 4.39. The number of methoxy groups -OCH3 is 1. The van der Waals surface area contributed by atoms with E-state index in [0.717, 1.165) is 18.4 Å². The molecule has 8 heteroatoms. The summed E-state index contributed by atoms with van der Waals surface area (Å²) < 4.78 is 32.8. The first-order valence-electron chi connectivity index (χ1n) is 8.30. The van der Waals surface area contributed by atoms with Gasteiger partial charge in [0.15, 0.2) is 0 Å². The van der Waals surface area contributed by atoms with Crippen LogP contribution in [0.3, 0.4) is 0 Å². The van der Waals surface area contributed by atoms with Gasteiger partial charge < -0.3 is 9.30 Å². The molecule has 0 radical (unpaired) electrons. The fourth-order valence-corrected chi connectivity index (χ4v) is 4.46. The Hall–Kier alpha value is -2.45. The molecule has 1 aromatic carbocycles. The Morgan fingerprint density at radius 2 is 1.73 bits per heavy atom. The van der Waals surface area contributed by atoms with Gasteiger partial charge in [0.05, 0.1) is 24.1 Å². The van der Waals surface area contributed by atoms with E-state index in [4.69, 9.17) is 0 Å². The summed E-state index contributed by atoms with van der Waals surface area (Å²) in [6, 6.07) is 9.26. The van der Waals surface area contributed by atoms with Crippen molar-refractivity contribution in [2.45, 2.75) is 24.3 Å². The fraction of sp³-hybridized carbons (Fsp3) is 0.333. The van der Waals surface area contributed by atoms with Crippen LogP contribution in [0.1, 0.15) is 28.8 Å². The zero-order valence-corrected chi connectivity index (χ0v) is 15.2. The zero-order valence-electron chi connectivity index (χ0n) is 14.4. The quantitative estimate of drug-likeness (QED) is 0.738. The lowest BCUT2D eigenvalue weighted by atomic mass is 10.1. The summed E-state index contributed by atoms with van der Waals surface area (Å²) in [5.74, 6) is -0.438. The average Bonchev–Trinajstić information content (AvgIpc) is 3.19. The first-order valence-corrected chi connectivity index (χ1v) is 9.74. The summed E-state index contributed by atoms with van der Waals surface area (Å²) in [6.07, 6.45) is 3.08. The van der Waals surface area contributed by atoms with Gasteiger partial charge in [0.1, 0.15) is 0 Å². The highest BCUT2D eigenvalue weighted by atomic mass is 32.2. The molecular weight excluding hydrogens is 356 g/mol. The van der Waals surface area contributed by atoms with Gasteiger partial charge in [0.25, 0.3) is 5.56 Å². The molecule has 0 spiro atoms. The second-order valence-electron chi connectivity index (χ2n) is 6.13. The molecule has 0 bridgehead atoms. The second-order valence-corrected chi connectivity index (χ2v) is 8.07. The van der Waals surface area contributed by atoms with Crippen LogP contribution in [-0.4, -0.2) is 43.5 Å². The van der Waals surface area contributed by atoms with Crippen LogP contribution < -0.4 is 5.56 Å². The highest BCUT2D eigenvalue weighted by molar-refractivity contribution is 7.89. The number of sulfonamides is 1. The predicted octanol–water partition coefficient (Wildman–Crippen LogP) is 1.47. The molecule has 0 unspecified atom stereocenters. The third kappa shape index (κ3) is 3.71. The first kappa shape index (κ1) is 18.3. The maximum atomic E-state index is 12.7. The minimum absolute atomic E-state index is 0.116. The number of rotatable bonds is 5. The molecule has 1 fully saturated rings. The number of hydrogen-bond donors (Lipinski definition) is 0. The van der Waals surface area contributed by atoms with Gasteiger partial charge >= 0.3 is 5.97 Å². The lowest BCUT2D eigenvalue weighted by Crippen LogP contribution is -2.29. The topological polar surface area (TPSA) is 85.7 Å². The maximum absolute atomic E-state index is 12.7. The van der Waals surface area contributed by atoms with E-state index < -0.39 is 16.0 Å². The highest BCUT2D eigenvalue weighted by Crippen LogP contribution is 2.20. The van der Waals surface area contributed by atoms with Gasteiger partial charge in [0.2, 0.25) is 10.0 Å². The number of benzene rings is 1. The summed E-state index contributed by atoms with van der Waals surface area (Å²) in [4.78, 5) is 23.7. The largest absolute Gasteiger partial charge is 0.465 e. The molecule has 1 aliphatic rings. The molecule has 26 heavy (non-hydrogen) atoms. The average molecular weight is 376 g/mol. The van der Waals surface area contributed by atoms with Gasteiger partial charge in [-0.05, 0) is 36.6 Å². The van der Waals surface area contributed by atoms with Crippen molar-refractivity contribution in [1.29, 1.82) is 0 Å². The lowest BCUT2D eigenvalue weighted by molar-refractivity contribution is 0.0600. The summed E-state index contributed by atoms with van der Waals surface area (Å²) >= 11 is 0. The van der Waals surface area contributed by atoms with Crippen molar-refractivity contribution >= 4 is 16.0 Å². The molecule has 0 aliphatic carbocycles.